The predicted molar refractivity (Wildman–Crippen MR) is 137 cm³/mol. The smallest absolute Gasteiger partial charge is 0.308 e. The average Bonchev–Trinajstić information content (AvgIpc) is 3.26. The number of amides is 2. The number of rotatable bonds is 5. The van der Waals surface area contributed by atoms with Crippen LogP contribution in [0.5, 0.6) is 0 Å². The lowest BCUT2D eigenvalue weighted by molar-refractivity contribution is 0.262. The van der Waals surface area contributed by atoms with E-state index < -0.39 is 6.03 Å². The van der Waals surface area contributed by atoms with E-state index in [0.29, 0.717) is 34.1 Å². The molecule has 5 aromatic rings. The topological polar surface area (TPSA) is 84.2 Å². The van der Waals surface area contributed by atoms with Crippen molar-refractivity contribution < 1.29 is 9.18 Å². The van der Waals surface area contributed by atoms with Crippen molar-refractivity contribution >= 4 is 34.9 Å². The first-order valence-electron chi connectivity index (χ1n) is 10.8. The van der Waals surface area contributed by atoms with Gasteiger partial charge < -0.3 is 5.32 Å². The van der Waals surface area contributed by atoms with Crippen LogP contribution in [0, 0.1) is 12.7 Å². The van der Waals surface area contributed by atoms with E-state index in [-0.39, 0.29) is 5.82 Å². The minimum atomic E-state index is -0.405. The Morgan fingerprint density at radius 2 is 1.80 bits per heavy atom. The third kappa shape index (κ3) is 4.71. The van der Waals surface area contributed by atoms with E-state index in [2.05, 4.69) is 20.7 Å². The number of urea groups is 1. The highest BCUT2D eigenvalue weighted by Crippen LogP contribution is 2.33. The van der Waals surface area contributed by atoms with E-state index in [1.54, 1.807) is 59.9 Å². The lowest BCUT2D eigenvalue weighted by Crippen LogP contribution is -2.20. The molecule has 0 radical (unpaired) electrons. The third-order valence-corrected chi connectivity index (χ3v) is 6.19. The summed E-state index contributed by atoms with van der Waals surface area (Å²) in [5.41, 5.74) is 4.74. The first-order chi connectivity index (χ1) is 17.0. The minimum Gasteiger partial charge on any atom is -0.308 e. The van der Waals surface area contributed by atoms with Gasteiger partial charge in [0, 0.05) is 34.1 Å². The average molecular weight is 485 g/mol. The number of fused-ring (bicyclic) bond motifs is 1. The summed E-state index contributed by atoms with van der Waals surface area (Å²) >= 11 is 1.63. The van der Waals surface area contributed by atoms with Crippen molar-refractivity contribution in [3.63, 3.8) is 0 Å². The molecule has 0 saturated heterocycles. The Bertz CT molecular complexity index is 1530. The molecule has 0 fully saturated rings. The molecule has 5 rings (SSSR count). The van der Waals surface area contributed by atoms with Gasteiger partial charge in [0.1, 0.15) is 17.3 Å². The number of halogens is 1. The van der Waals surface area contributed by atoms with Crippen molar-refractivity contribution in [2.75, 3.05) is 16.9 Å². The van der Waals surface area contributed by atoms with Crippen LogP contribution in [-0.2, 0) is 0 Å². The zero-order valence-electron chi connectivity index (χ0n) is 19.0. The number of pyridine rings is 1. The van der Waals surface area contributed by atoms with Gasteiger partial charge in [-0.15, -0.1) is 11.8 Å². The van der Waals surface area contributed by atoms with Crippen LogP contribution in [-0.4, -0.2) is 31.9 Å². The summed E-state index contributed by atoms with van der Waals surface area (Å²) in [5, 5.41) is 10.1. The molecule has 174 valence electrons. The number of hydrogen-bond donors (Lipinski definition) is 2. The highest BCUT2D eigenvalue weighted by molar-refractivity contribution is 7.98. The molecule has 7 nitrogen and oxygen atoms in total. The number of imidazole rings is 1. The number of hydrogen-bond acceptors (Lipinski definition) is 5. The Hall–Kier alpha value is -4.24. The van der Waals surface area contributed by atoms with E-state index >= 15 is 0 Å². The molecule has 0 aliphatic carbocycles. The second-order valence-electron chi connectivity index (χ2n) is 7.80. The van der Waals surface area contributed by atoms with Crippen LogP contribution >= 0.6 is 11.8 Å². The Morgan fingerprint density at radius 3 is 2.57 bits per heavy atom. The molecule has 2 N–H and O–H groups in total. The van der Waals surface area contributed by atoms with Gasteiger partial charge in [-0.1, -0.05) is 0 Å². The van der Waals surface area contributed by atoms with Gasteiger partial charge in [-0.3, -0.25) is 5.32 Å². The largest absolute Gasteiger partial charge is 0.324 e. The molecular formula is C26H21FN6OS. The van der Waals surface area contributed by atoms with Gasteiger partial charge >= 0.3 is 6.03 Å². The van der Waals surface area contributed by atoms with Crippen molar-refractivity contribution in [2.45, 2.75) is 11.8 Å². The van der Waals surface area contributed by atoms with Crippen molar-refractivity contribution in [3.8, 4) is 22.5 Å². The van der Waals surface area contributed by atoms with Gasteiger partial charge in [-0.25, -0.2) is 23.7 Å². The molecule has 0 aliphatic heterocycles. The number of aryl methyl sites for hydroxylation is 1. The molecule has 0 aliphatic rings. The van der Waals surface area contributed by atoms with Crippen molar-refractivity contribution in [2.24, 2.45) is 0 Å². The molecule has 3 aromatic heterocycles. The normalized spacial score (nSPS) is 10.9. The molecule has 0 atom stereocenters. The van der Waals surface area contributed by atoms with Crippen molar-refractivity contribution in [3.05, 3.63) is 90.5 Å². The Morgan fingerprint density at radius 1 is 0.971 bits per heavy atom. The first-order valence-corrected chi connectivity index (χ1v) is 12.0. The molecule has 0 unspecified atom stereocenters. The summed E-state index contributed by atoms with van der Waals surface area (Å²) in [5.74, 6) is 0.0922. The molecular weight excluding hydrogens is 463 g/mol. The van der Waals surface area contributed by atoms with Gasteiger partial charge in [-0.2, -0.15) is 5.10 Å². The van der Waals surface area contributed by atoms with E-state index in [0.717, 1.165) is 16.0 Å². The highest BCUT2D eigenvalue weighted by atomic mass is 32.2. The second-order valence-corrected chi connectivity index (χ2v) is 8.68. The molecule has 9 heteroatoms. The fourth-order valence-corrected chi connectivity index (χ4v) is 4.15. The molecule has 0 spiro atoms. The van der Waals surface area contributed by atoms with Crippen LogP contribution in [0.1, 0.15) is 5.56 Å². The van der Waals surface area contributed by atoms with Gasteiger partial charge in [-0.05, 0) is 85.5 Å². The monoisotopic (exact) mass is 484 g/mol. The van der Waals surface area contributed by atoms with Crippen LogP contribution in [0.15, 0.2) is 84.0 Å². The fourth-order valence-electron chi connectivity index (χ4n) is 3.74. The first kappa shape index (κ1) is 22.5. The molecule has 0 saturated carbocycles. The second kappa shape index (κ2) is 9.55. The van der Waals surface area contributed by atoms with Gasteiger partial charge in [0.2, 0.25) is 0 Å². The third-order valence-electron chi connectivity index (χ3n) is 5.45. The zero-order valence-corrected chi connectivity index (χ0v) is 19.8. The number of carbonyl (C=O) groups is 1. The van der Waals surface area contributed by atoms with Crippen molar-refractivity contribution in [1.29, 1.82) is 0 Å². The maximum atomic E-state index is 13.9. The van der Waals surface area contributed by atoms with E-state index in [1.807, 2.05) is 42.7 Å². The van der Waals surface area contributed by atoms with E-state index in [9.17, 15) is 9.18 Å². The zero-order chi connectivity index (χ0) is 24.4. The summed E-state index contributed by atoms with van der Waals surface area (Å²) in [7, 11) is 0. The van der Waals surface area contributed by atoms with E-state index in [1.165, 1.54) is 6.07 Å². The standard InChI is InChI=1S/C26H21FN6OS/c1-16-14-17(5-10-21(16)27)24-25(33-23(32-24)4-3-12-29-33)18-11-13-28-22(15-18)31-26(34)30-19-6-8-20(35-2)9-7-19/h3-15H,1-2H3,(H2,28,30,31,34). The fraction of sp³-hybridized carbons (Fsp3) is 0.0769. The summed E-state index contributed by atoms with van der Waals surface area (Å²) in [6.45, 7) is 1.72. The number of aromatic nitrogens is 4. The number of thioether (sulfide) groups is 1. The van der Waals surface area contributed by atoms with Gasteiger partial charge in [0.15, 0.2) is 5.65 Å². The van der Waals surface area contributed by atoms with Crippen LogP contribution in [0.2, 0.25) is 0 Å². The highest BCUT2D eigenvalue weighted by Gasteiger charge is 2.18. The van der Waals surface area contributed by atoms with Gasteiger partial charge in [0.25, 0.3) is 0 Å². The lowest BCUT2D eigenvalue weighted by atomic mass is 10.0. The van der Waals surface area contributed by atoms with Gasteiger partial charge in [0.05, 0.1) is 5.69 Å². The number of nitrogens with one attached hydrogen (secondary N) is 2. The van der Waals surface area contributed by atoms with Crippen LogP contribution in [0.3, 0.4) is 0 Å². The Labute approximate surface area is 205 Å². The maximum absolute atomic E-state index is 13.9. The molecule has 35 heavy (non-hydrogen) atoms. The number of benzene rings is 2. The van der Waals surface area contributed by atoms with Crippen molar-refractivity contribution in [1.82, 2.24) is 19.6 Å². The number of nitrogens with zero attached hydrogens (tertiary/aromatic N) is 4. The Balaban J connectivity index is 1.48. The molecule has 3 heterocycles. The van der Waals surface area contributed by atoms with Crippen LogP contribution in [0.4, 0.5) is 20.7 Å². The molecule has 0 bridgehead atoms. The van der Waals surface area contributed by atoms with E-state index in [4.69, 9.17) is 4.98 Å². The molecule has 2 amide bonds. The summed E-state index contributed by atoms with van der Waals surface area (Å²) < 4.78 is 15.6. The predicted octanol–water partition coefficient (Wildman–Crippen LogP) is 6.27. The summed E-state index contributed by atoms with van der Waals surface area (Å²) in [6, 6.07) is 19.3. The maximum Gasteiger partial charge on any atom is 0.324 e. The summed E-state index contributed by atoms with van der Waals surface area (Å²) in [6.07, 6.45) is 5.28. The quantitative estimate of drug-likeness (QED) is 0.287. The Kier molecular flexibility index (Phi) is 6.15. The number of anilines is 2. The summed E-state index contributed by atoms with van der Waals surface area (Å²) in [4.78, 5) is 22.7. The lowest BCUT2D eigenvalue weighted by Gasteiger charge is -2.10. The van der Waals surface area contributed by atoms with Crippen LogP contribution < -0.4 is 10.6 Å². The minimum absolute atomic E-state index is 0.276. The van der Waals surface area contributed by atoms with Crippen LogP contribution in [0.25, 0.3) is 28.2 Å². The SMILES string of the molecule is CSc1ccc(NC(=O)Nc2cc(-c3c(-c4ccc(F)c(C)c4)nc4cccnn34)ccn2)cc1. The molecule has 2 aromatic carbocycles. The number of carbonyl (C=O) groups excluding carboxylic acids is 1.